The van der Waals surface area contributed by atoms with Crippen molar-refractivity contribution in [3.05, 3.63) is 88.6 Å². The van der Waals surface area contributed by atoms with E-state index in [0.29, 0.717) is 22.1 Å². The molecule has 28 heavy (non-hydrogen) atoms. The first kappa shape index (κ1) is 20.0. The fraction of sp³-hybridized carbons (Fsp3) is 0.227. The van der Waals surface area contributed by atoms with Gasteiger partial charge in [-0.15, -0.1) is 0 Å². The average Bonchev–Trinajstić information content (AvgIpc) is 3.17. The second-order valence-electron chi connectivity index (χ2n) is 6.57. The van der Waals surface area contributed by atoms with Gasteiger partial charge in [0.15, 0.2) is 6.10 Å². The topological polar surface area (TPSA) is 42.7 Å². The smallest absolute Gasteiger partial charge is 0.264 e. The summed E-state index contributed by atoms with van der Waals surface area (Å²) in [5, 5.41) is 0.636. The van der Waals surface area contributed by atoms with Crippen LogP contribution in [0.1, 0.15) is 23.8 Å². The molecule has 0 bridgehead atoms. The molecule has 0 fully saturated rings. The zero-order chi connectivity index (χ0) is 20.1. The van der Waals surface area contributed by atoms with Crippen molar-refractivity contribution in [1.82, 2.24) is 4.90 Å². The maximum atomic E-state index is 13.6. The van der Waals surface area contributed by atoms with Gasteiger partial charge in [-0.25, -0.2) is 4.39 Å². The largest absolute Gasteiger partial charge is 0.481 e. The highest BCUT2D eigenvalue weighted by molar-refractivity contribution is 6.31. The molecule has 3 rings (SSSR count). The number of rotatable bonds is 7. The first-order valence-corrected chi connectivity index (χ1v) is 9.28. The highest BCUT2D eigenvalue weighted by Crippen LogP contribution is 2.23. The lowest BCUT2D eigenvalue weighted by molar-refractivity contribution is -0.139. The second-order valence-corrected chi connectivity index (χ2v) is 6.98. The molecule has 0 aliphatic heterocycles. The van der Waals surface area contributed by atoms with Crippen LogP contribution in [0.4, 0.5) is 4.39 Å². The molecule has 1 heterocycles. The number of halogens is 2. The first-order chi connectivity index (χ1) is 13.4. The molecule has 1 atom stereocenters. The summed E-state index contributed by atoms with van der Waals surface area (Å²) < 4.78 is 24.8. The van der Waals surface area contributed by atoms with E-state index in [0.717, 1.165) is 5.56 Å². The third kappa shape index (κ3) is 5.14. The van der Waals surface area contributed by atoms with Crippen molar-refractivity contribution in [2.75, 3.05) is 0 Å². The van der Waals surface area contributed by atoms with Crippen LogP contribution in [0.15, 0.2) is 65.3 Å². The normalized spacial score (nSPS) is 11.9. The summed E-state index contributed by atoms with van der Waals surface area (Å²) >= 11 is 6.04. The van der Waals surface area contributed by atoms with E-state index in [-0.39, 0.29) is 24.8 Å². The maximum absolute atomic E-state index is 13.6. The van der Waals surface area contributed by atoms with Gasteiger partial charge in [0.1, 0.15) is 17.3 Å². The van der Waals surface area contributed by atoms with Crippen LogP contribution >= 0.6 is 11.6 Å². The lowest BCUT2D eigenvalue weighted by Crippen LogP contribution is -2.39. The number of ether oxygens (including phenoxy) is 1. The molecular weight excluding hydrogens is 381 g/mol. The number of aryl methyl sites for hydroxylation is 1. The van der Waals surface area contributed by atoms with Crippen LogP contribution in [-0.2, 0) is 17.9 Å². The van der Waals surface area contributed by atoms with Gasteiger partial charge in [0.2, 0.25) is 0 Å². The van der Waals surface area contributed by atoms with Crippen molar-refractivity contribution in [1.29, 1.82) is 0 Å². The maximum Gasteiger partial charge on any atom is 0.264 e. The summed E-state index contributed by atoms with van der Waals surface area (Å²) in [6.45, 7) is 4.06. The fourth-order valence-corrected chi connectivity index (χ4v) is 2.98. The van der Waals surface area contributed by atoms with Crippen LogP contribution in [-0.4, -0.2) is 16.9 Å². The molecule has 0 saturated heterocycles. The van der Waals surface area contributed by atoms with E-state index in [4.69, 9.17) is 20.8 Å². The Labute approximate surface area is 168 Å². The van der Waals surface area contributed by atoms with Crippen molar-refractivity contribution in [3.8, 4) is 5.75 Å². The van der Waals surface area contributed by atoms with Crippen molar-refractivity contribution in [3.63, 3.8) is 0 Å². The van der Waals surface area contributed by atoms with Crippen molar-refractivity contribution < 1.29 is 18.3 Å². The van der Waals surface area contributed by atoms with Crippen molar-refractivity contribution >= 4 is 17.5 Å². The molecular formula is C22H21ClFNO3. The predicted molar refractivity (Wildman–Crippen MR) is 106 cm³/mol. The lowest BCUT2D eigenvalue weighted by Gasteiger charge is -2.25. The van der Waals surface area contributed by atoms with Gasteiger partial charge in [-0.05, 0) is 67.4 Å². The van der Waals surface area contributed by atoms with Crippen molar-refractivity contribution in [2.24, 2.45) is 0 Å². The number of benzene rings is 2. The summed E-state index contributed by atoms with van der Waals surface area (Å²) in [4.78, 5) is 14.6. The minimum Gasteiger partial charge on any atom is -0.481 e. The zero-order valence-corrected chi connectivity index (χ0v) is 16.4. The van der Waals surface area contributed by atoms with Crippen LogP contribution in [0.3, 0.4) is 0 Å². The van der Waals surface area contributed by atoms with Gasteiger partial charge < -0.3 is 14.1 Å². The Bertz CT molecular complexity index is 943. The van der Waals surface area contributed by atoms with Gasteiger partial charge in [-0.3, -0.25) is 4.79 Å². The number of furan rings is 1. The van der Waals surface area contributed by atoms with Gasteiger partial charge in [-0.2, -0.15) is 0 Å². The molecule has 3 aromatic rings. The minimum absolute atomic E-state index is 0.228. The first-order valence-electron chi connectivity index (χ1n) is 8.91. The number of amides is 1. The van der Waals surface area contributed by atoms with Crippen LogP contribution in [0.25, 0.3) is 0 Å². The Morgan fingerprint density at radius 3 is 2.68 bits per heavy atom. The molecule has 1 amide bonds. The Hall–Kier alpha value is -2.79. The van der Waals surface area contributed by atoms with E-state index in [1.54, 1.807) is 60.6 Å². The lowest BCUT2D eigenvalue weighted by atomic mass is 10.2. The number of carbonyl (C=O) groups excluding carboxylic acids is 1. The van der Waals surface area contributed by atoms with Crippen molar-refractivity contribution in [2.45, 2.75) is 33.0 Å². The Morgan fingerprint density at radius 1 is 1.18 bits per heavy atom. The summed E-state index contributed by atoms with van der Waals surface area (Å²) in [7, 11) is 0. The highest BCUT2D eigenvalue weighted by atomic mass is 35.5. The molecule has 1 aromatic heterocycles. The number of carbonyl (C=O) groups is 1. The second kappa shape index (κ2) is 8.93. The van der Waals surface area contributed by atoms with Crippen LogP contribution in [0.2, 0.25) is 5.02 Å². The summed E-state index contributed by atoms with van der Waals surface area (Å²) in [5.74, 6) is 0.628. The van der Waals surface area contributed by atoms with Gasteiger partial charge in [0, 0.05) is 11.6 Å². The molecule has 0 aliphatic rings. The SMILES string of the molecule is Cc1cc(O[C@H](C)C(=O)N(Cc2cccc(F)c2)Cc2ccco2)ccc1Cl. The molecule has 146 valence electrons. The van der Waals surface area contributed by atoms with Gasteiger partial charge >= 0.3 is 0 Å². The van der Waals surface area contributed by atoms with Gasteiger partial charge in [0.05, 0.1) is 12.8 Å². The molecule has 0 aliphatic carbocycles. The standard InChI is InChI=1S/C22H21ClFNO3/c1-15-11-19(8-9-21(15)23)28-16(2)22(26)25(14-20-7-4-10-27-20)13-17-5-3-6-18(24)12-17/h3-12,16H,13-14H2,1-2H3/t16-/m1/s1. The average molecular weight is 402 g/mol. The summed E-state index contributed by atoms with van der Waals surface area (Å²) in [6, 6.07) is 15.0. The molecule has 2 aromatic carbocycles. The van der Waals surface area contributed by atoms with E-state index < -0.39 is 6.10 Å². The minimum atomic E-state index is -0.732. The third-order valence-electron chi connectivity index (χ3n) is 4.29. The van der Waals surface area contributed by atoms with E-state index >= 15 is 0 Å². The van der Waals surface area contributed by atoms with Crippen LogP contribution in [0, 0.1) is 12.7 Å². The molecule has 0 radical (unpaired) electrons. The third-order valence-corrected chi connectivity index (χ3v) is 4.72. The molecule has 0 N–H and O–H groups in total. The van der Waals surface area contributed by atoms with Gasteiger partial charge in [-0.1, -0.05) is 23.7 Å². The van der Waals surface area contributed by atoms with E-state index in [1.807, 2.05) is 6.92 Å². The monoisotopic (exact) mass is 401 g/mol. The fourth-order valence-electron chi connectivity index (χ4n) is 2.86. The molecule has 6 heteroatoms. The highest BCUT2D eigenvalue weighted by Gasteiger charge is 2.24. The van der Waals surface area contributed by atoms with Crippen LogP contribution in [0.5, 0.6) is 5.75 Å². The summed E-state index contributed by atoms with van der Waals surface area (Å²) in [5.41, 5.74) is 1.56. The van der Waals surface area contributed by atoms with Crippen LogP contribution < -0.4 is 4.74 Å². The number of nitrogens with zero attached hydrogens (tertiary/aromatic N) is 1. The Balaban J connectivity index is 1.77. The molecule has 0 spiro atoms. The Kier molecular flexibility index (Phi) is 6.37. The molecule has 4 nitrogen and oxygen atoms in total. The number of hydrogen-bond donors (Lipinski definition) is 0. The van der Waals surface area contributed by atoms with E-state index in [1.165, 1.54) is 12.1 Å². The number of hydrogen-bond acceptors (Lipinski definition) is 3. The predicted octanol–water partition coefficient (Wildman–Crippen LogP) is 5.38. The quantitative estimate of drug-likeness (QED) is 0.534. The molecule has 0 unspecified atom stereocenters. The zero-order valence-electron chi connectivity index (χ0n) is 15.7. The Morgan fingerprint density at radius 2 is 2.00 bits per heavy atom. The van der Waals surface area contributed by atoms with Gasteiger partial charge in [0.25, 0.3) is 5.91 Å². The summed E-state index contributed by atoms with van der Waals surface area (Å²) in [6.07, 6.45) is 0.820. The van der Waals surface area contributed by atoms with E-state index in [9.17, 15) is 9.18 Å². The molecule has 0 saturated carbocycles. The van der Waals surface area contributed by atoms with E-state index in [2.05, 4.69) is 0 Å².